The number of nitrogens with zero attached hydrogens (tertiary/aromatic N) is 1. The van der Waals surface area contributed by atoms with Gasteiger partial charge >= 0.3 is 5.97 Å². The number of thiocarbonyl (C=S) groups is 1. The van der Waals surface area contributed by atoms with Crippen molar-refractivity contribution in [3.63, 3.8) is 0 Å². The van der Waals surface area contributed by atoms with E-state index in [1.807, 2.05) is 38.1 Å². The number of carbonyl (C=O) groups is 2. The van der Waals surface area contributed by atoms with Crippen LogP contribution in [0, 0.1) is 13.8 Å². The third kappa shape index (κ3) is 3.38. The Labute approximate surface area is 155 Å². The quantitative estimate of drug-likeness (QED) is 0.509. The molecule has 1 saturated heterocycles. The summed E-state index contributed by atoms with van der Waals surface area (Å²) in [6.07, 6.45) is 1.85. The predicted octanol–water partition coefficient (Wildman–Crippen LogP) is 3.37. The zero-order chi connectivity index (χ0) is 18.1. The largest absolute Gasteiger partial charge is 0.465 e. The molecule has 1 aromatic heterocycles. The van der Waals surface area contributed by atoms with Gasteiger partial charge < -0.3 is 14.6 Å². The van der Waals surface area contributed by atoms with Crippen LogP contribution in [-0.2, 0) is 9.53 Å². The van der Waals surface area contributed by atoms with Crippen LogP contribution in [-0.4, -0.2) is 27.9 Å². The molecule has 25 heavy (non-hydrogen) atoms. The van der Waals surface area contributed by atoms with E-state index in [-0.39, 0.29) is 11.9 Å². The molecule has 5 nitrogen and oxygen atoms in total. The van der Waals surface area contributed by atoms with Crippen molar-refractivity contribution >= 4 is 46.3 Å². The summed E-state index contributed by atoms with van der Waals surface area (Å²) < 4.78 is 7.27. The number of aromatic nitrogens is 1. The Bertz CT molecular complexity index is 911. The Morgan fingerprint density at radius 2 is 1.96 bits per heavy atom. The average Bonchev–Trinajstić information content (AvgIpc) is 3.05. The maximum atomic E-state index is 11.9. The zero-order valence-corrected chi connectivity index (χ0v) is 15.6. The molecular formula is C18H16N2O3S2. The Hall–Kier alpha value is -2.38. The first-order valence-electron chi connectivity index (χ1n) is 7.53. The van der Waals surface area contributed by atoms with Gasteiger partial charge in [0.2, 0.25) is 0 Å². The number of hydrogen-bond donors (Lipinski definition) is 1. The fraction of sp³-hybridized carbons (Fsp3) is 0.167. The molecule has 1 amide bonds. The monoisotopic (exact) mass is 372 g/mol. The highest BCUT2D eigenvalue weighted by molar-refractivity contribution is 8.26. The fourth-order valence-electron chi connectivity index (χ4n) is 2.76. The summed E-state index contributed by atoms with van der Waals surface area (Å²) in [6, 6.07) is 9.23. The van der Waals surface area contributed by atoms with Crippen LogP contribution in [0.4, 0.5) is 0 Å². The number of thioether (sulfide) groups is 1. The number of hydrogen-bond acceptors (Lipinski definition) is 5. The molecule has 3 rings (SSSR count). The molecule has 2 heterocycles. The van der Waals surface area contributed by atoms with Crippen molar-refractivity contribution in [2.24, 2.45) is 0 Å². The number of benzene rings is 1. The molecule has 0 unspecified atom stereocenters. The van der Waals surface area contributed by atoms with Gasteiger partial charge in [0, 0.05) is 17.1 Å². The Kier molecular flexibility index (Phi) is 4.78. The highest BCUT2D eigenvalue weighted by atomic mass is 32.2. The molecule has 1 aliphatic heterocycles. The summed E-state index contributed by atoms with van der Waals surface area (Å²) in [5, 5.41) is 2.62. The van der Waals surface area contributed by atoms with Gasteiger partial charge in [0.1, 0.15) is 4.32 Å². The third-order valence-corrected chi connectivity index (χ3v) is 5.11. The van der Waals surface area contributed by atoms with Crippen molar-refractivity contribution < 1.29 is 14.3 Å². The molecule has 0 bridgehead atoms. The van der Waals surface area contributed by atoms with Gasteiger partial charge in [0.25, 0.3) is 5.91 Å². The van der Waals surface area contributed by atoms with Gasteiger partial charge in [-0.05, 0) is 55.8 Å². The van der Waals surface area contributed by atoms with Crippen molar-refractivity contribution in [1.82, 2.24) is 9.88 Å². The molecule has 0 spiro atoms. The molecule has 1 aliphatic rings. The van der Waals surface area contributed by atoms with Gasteiger partial charge in [-0.25, -0.2) is 4.79 Å². The number of methoxy groups -OCH3 is 1. The molecule has 0 atom stereocenters. The molecule has 1 aromatic carbocycles. The zero-order valence-electron chi connectivity index (χ0n) is 14.0. The first-order valence-corrected chi connectivity index (χ1v) is 8.75. The molecule has 2 aromatic rings. The van der Waals surface area contributed by atoms with Gasteiger partial charge in [0.15, 0.2) is 0 Å². The van der Waals surface area contributed by atoms with E-state index >= 15 is 0 Å². The summed E-state index contributed by atoms with van der Waals surface area (Å²) in [5.41, 5.74) is 4.43. The van der Waals surface area contributed by atoms with Crippen molar-refractivity contribution in [2.45, 2.75) is 13.8 Å². The van der Waals surface area contributed by atoms with Crippen LogP contribution in [0.15, 0.2) is 35.2 Å². The molecule has 1 fully saturated rings. The van der Waals surface area contributed by atoms with Gasteiger partial charge in [-0.15, -0.1) is 0 Å². The number of amides is 1. The van der Waals surface area contributed by atoms with Crippen molar-refractivity contribution in [3.8, 4) is 5.69 Å². The third-order valence-electron chi connectivity index (χ3n) is 3.95. The summed E-state index contributed by atoms with van der Waals surface area (Å²) in [6.45, 7) is 3.99. The van der Waals surface area contributed by atoms with E-state index in [9.17, 15) is 9.59 Å². The first-order chi connectivity index (χ1) is 11.9. The summed E-state index contributed by atoms with van der Waals surface area (Å²) in [4.78, 5) is 24.0. The normalized spacial score (nSPS) is 15.6. The maximum Gasteiger partial charge on any atom is 0.337 e. The Morgan fingerprint density at radius 1 is 1.28 bits per heavy atom. The van der Waals surface area contributed by atoms with Crippen LogP contribution >= 0.6 is 24.0 Å². The lowest BCUT2D eigenvalue weighted by molar-refractivity contribution is -0.115. The Balaban J connectivity index is 1.98. The molecule has 1 N–H and O–H groups in total. The van der Waals surface area contributed by atoms with E-state index in [0.717, 1.165) is 22.6 Å². The van der Waals surface area contributed by atoms with Crippen LogP contribution in [0.25, 0.3) is 11.8 Å². The topological polar surface area (TPSA) is 60.3 Å². The summed E-state index contributed by atoms with van der Waals surface area (Å²) >= 11 is 6.29. The van der Waals surface area contributed by atoms with E-state index < -0.39 is 0 Å². The van der Waals surface area contributed by atoms with E-state index in [4.69, 9.17) is 17.0 Å². The van der Waals surface area contributed by atoms with Gasteiger partial charge in [-0.3, -0.25) is 4.79 Å². The SMILES string of the molecule is COC(=O)c1ccc(-n2c(C)cc(/C=C3/SC(=S)NC3=O)c2C)cc1. The van der Waals surface area contributed by atoms with Gasteiger partial charge in [-0.1, -0.05) is 24.0 Å². The highest BCUT2D eigenvalue weighted by Crippen LogP contribution is 2.29. The second-order valence-corrected chi connectivity index (χ2v) is 7.27. The molecule has 0 saturated carbocycles. The fourth-order valence-corrected chi connectivity index (χ4v) is 3.79. The van der Waals surface area contributed by atoms with Crippen molar-refractivity contribution in [2.75, 3.05) is 7.11 Å². The molecule has 0 radical (unpaired) electrons. The minimum Gasteiger partial charge on any atom is -0.465 e. The standard InChI is InChI=1S/C18H16N2O3S2/c1-10-8-13(9-15-16(21)19-18(24)25-15)11(2)20(10)14-6-4-12(5-7-14)17(22)23-3/h4-9H,1-3H3,(H,19,21,24)/b15-9+. The van der Waals surface area contributed by atoms with Crippen molar-refractivity contribution in [1.29, 1.82) is 0 Å². The average molecular weight is 372 g/mol. The lowest BCUT2D eigenvalue weighted by atomic mass is 10.2. The number of carbonyl (C=O) groups excluding carboxylic acids is 2. The highest BCUT2D eigenvalue weighted by Gasteiger charge is 2.23. The van der Waals surface area contributed by atoms with Crippen molar-refractivity contribution in [3.05, 3.63) is 57.8 Å². The van der Waals surface area contributed by atoms with E-state index in [0.29, 0.717) is 14.8 Å². The first kappa shape index (κ1) is 17.4. The van der Waals surface area contributed by atoms with Crippen LogP contribution in [0.2, 0.25) is 0 Å². The summed E-state index contributed by atoms with van der Waals surface area (Å²) in [7, 11) is 1.36. The predicted molar refractivity (Wildman–Crippen MR) is 103 cm³/mol. The van der Waals surface area contributed by atoms with Crippen LogP contribution < -0.4 is 5.32 Å². The van der Waals surface area contributed by atoms with E-state index in [2.05, 4.69) is 9.88 Å². The van der Waals surface area contributed by atoms with Crippen LogP contribution in [0.1, 0.15) is 27.3 Å². The summed E-state index contributed by atoms with van der Waals surface area (Å²) in [5.74, 6) is -0.527. The number of rotatable bonds is 3. The van der Waals surface area contributed by atoms with Crippen LogP contribution in [0.5, 0.6) is 0 Å². The van der Waals surface area contributed by atoms with Gasteiger partial charge in [-0.2, -0.15) is 0 Å². The molecule has 7 heteroatoms. The second kappa shape index (κ2) is 6.85. The number of aryl methyl sites for hydroxylation is 1. The molecule has 128 valence electrons. The smallest absolute Gasteiger partial charge is 0.337 e. The minimum atomic E-state index is -0.363. The van der Waals surface area contributed by atoms with E-state index in [1.54, 1.807) is 12.1 Å². The number of esters is 1. The lowest BCUT2D eigenvalue weighted by Crippen LogP contribution is -2.17. The number of ether oxygens (including phenoxy) is 1. The Morgan fingerprint density at radius 3 is 2.52 bits per heavy atom. The van der Waals surface area contributed by atoms with Gasteiger partial charge in [0.05, 0.1) is 17.6 Å². The van der Waals surface area contributed by atoms with E-state index in [1.165, 1.54) is 18.9 Å². The number of nitrogens with one attached hydrogen (secondary N) is 1. The second-order valence-electron chi connectivity index (χ2n) is 5.55. The molecule has 0 aliphatic carbocycles. The minimum absolute atomic E-state index is 0.165. The maximum absolute atomic E-state index is 11.9. The molecular weight excluding hydrogens is 356 g/mol. The lowest BCUT2D eigenvalue weighted by Gasteiger charge is -2.10. The van der Waals surface area contributed by atoms with Crippen LogP contribution in [0.3, 0.4) is 0 Å².